The van der Waals surface area contributed by atoms with E-state index >= 15 is 0 Å². The van der Waals surface area contributed by atoms with Crippen molar-refractivity contribution in [2.45, 2.75) is 31.8 Å². The Hall–Kier alpha value is -2.69. The van der Waals surface area contributed by atoms with Crippen LogP contribution in [0.25, 0.3) is 0 Å². The van der Waals surface area contributed by atoms with Crippen LogP contribution in [0, 0.1) is 0 Å². The molecule has 2 aromatic rings. The van der Waals surface area contributed by atoms with Crippen molar-refractivity contribution in [3.05, 3.63) is 65.0 Å². The predicted molar refractivity (Wildman–Crippen MR) is 89.6 cm³/mol. The van der Waals surface area contributed by atoms with E-state index in [1.54, 1.807) is 17.0 Å². The molecule has 24 heavy (non-hydrogen) atoms. The molecule has 2 aliphatic rings. The summed E-state index contributed by atoms with van der Waals surface area (Å²) in [5, 5.41) is 2.94. The number of carbonyl (C=O) groups excluding carboxylic acids is 2. The van der Waals surface area contributed by atoms with Crippen molar-refractivity contribution in [3.63, 3.8) is 0 Å². The Balaban J connectivity index is 1.51. The summed E-state index contributed by atoms with van der Waals surface area (Å²) in [6.07, 6.45) is 4.46. The Bertz CT molecular complexity index is 799. The first-order valence-corrected chi connectivity index (χ1v) is 8.34. The highest BCUT2D eigenvalue weighted by Gasteiger charge is 2.25. The zero-order valence-electron chi connectivity index (χ0n) is 13.4. The van der Waals surface area contributed by atoms with Gasteiger partial charge < -0.3 is 10.2 Å². The molecule has 0 unspecified atom stereocenters. The first-order chi connectivity index (χ1) is 11.7. The van der Waals surface area contributed by atoms with Gasteiger partial charge in [0.1, 0.15) is 5.69 Å². The summed E-state index contributed by atoms with van der Waals surface area (Å²) >= 11 is 0. The Morgan fingerprint density at radius 3 is 2.71 bits per heavy atom. The first kappa shape index (κ1) is 14.9. The van der Waals surface area contributed by atoms with E-state index in [4.69, 9.17) is 0 Å². The molecule has 0 saturated heterocycles. The molecule has 1 aliphatic heterocycles. The van der Waals surface area contributed by atoms with Gasteiger partial charge in [-0.15, -0.1) is 0 Å². The van der Waals surface area contributed by atoms with Crippen molar-refractivity contribution in [1.82, 2.24) is 15.2 Å². The van der Waals surface area contributed by atoms with E-state index < -0.39 is 0 Å². The molecule has 0 bridgehead atoms. The summed E-state index contributed by atoms with van der Waals surface area (Å²) in [6, 6.07) is 11.7. The van der Waals surface area contributed by atoms with Crippen LogP contribution >= 0.6 is 0 Å². The average Bonchev–Trinajstić information content (AvgIpc) is 3.44. The summed E-state index contributed by atoms with van der Waals surface area (Å²) in [5.74, 6) is -0.247. The van der Waals surface area contributed by atoms with Crippen LogP contribution in [0.4, 0.5) is 0 Å². The van der Waals surface area contributed by atoms with Crippen LogP contribution in [-0.4, -0.2) is 34.3 Å². The van der Waals surface area contributed by atoms with Crippen LogP contribution in [0.5, 0.6) is 0 Å². The number of aromatic nitrogens is 1. The number of hydrogen-bond donors (Lipinski definition) is 1. The van der Waals surface area contributed by atoms with Gasteiger partial charge in [-0.05, 0) is 42.5 Å². The molecule has 1 fully saturated rings. The minimum Gasteiger partial charge on any atom is -0.349 e. The lowest BCUT2D eigenvalue weighted by Crippen LogP contribution is -2.36. The lowest BCUT2D eigenvalue weighted by atomic mass is 9.99. The molecule has 0 atom stereocenters. The highest BCUT2D eigenvalue weighted by molar-refractivity contribution is 5.98. The Kier molecular flexibility index (Phi) is 3.76. The van der Waals surface area contributed by atoms with E-state index in [9.17, 15) is 9.59 Å². The van der Waals surface area contributed by atoms with E-state index in [1.807, 2.05) is 12.1 Å². The fraction of sp³-hybridized carbons (Fsp3) is 0.316. The fourth-order valence-corrected chi connectivity index (χ4v) is 3.02. The SMILES string of the molecule is O=C(NC1CC1)c1ccnc(C(=O)N2CCc3ccccc3C2)c1. The maximum atomic E-state index is 12.8. The monoisotopic (exact) mass is 321 g/mol. The minimum atomic E-state index is -0.127. The number of benzene rings is 1. The second kappa shape index (κ2) is 6.07. The average molecular weight is 321 g/mol. The van der Waals surface area contributed by atoms with Crippen molar-refractivity contribution in [3.8, 4) is 0 Å². The van der Waals surface area contributed by atoms with Crippen molar-refractivity contribution < 1.29 is 9.59 Å². The smallest absolute Gasteiger partial charge is 0.272 e. The van der Waals surface area contributed by atoms with Gasteiger partial charge in [-0.25, -0.2) is 0 Å². The molecular formula is C19H19N3O2. The Labute approximate surface area is 140 Å². The summed E-state index contributed by atoms with van der Waals surface area (Å²) in [4.78, 5) is 30.9. The largest absolute Gasteiger partial charge is 0.349 e. The van der Waals surface area contributed by atoms with Crippen molar-refractivity contribution >= 4 is 11.8 Å². The van der Waals surface area contributed by atoms with Gasteiger partial charge in [0, 0.05) is 30.9 Å². The zero-order valence-corrected chi connectivity index (χ0v) is 13.4. The normalized spacial score (nSPS) is 16.4. The molecule has 1 aromatic carbocycles. The Morgan fingerprint density at radius 2 is 1.92 bits per heavy atom. The maximum absolute atomic E-state index is 12.8. The standard InChI is InChI=1S/C19H19N3O2/c23-18(21-16-5-6-16)14-7-9-20-17(11-14)19(24)22-10-8-13-3-1-2-4-15(13)12-22/h1-4,7,9,11,16H,5-6,8,10,12H2,(H,21,23). The van der Waals surface area contributed by atoms with Crippen LogP contribution in [0.2, 0.25) is 0 Å². The molecule has 1 N–H and O–H groups in total. The van der Waals surface area contributed by atoms with Crippen LogP contribution in [0.15, 0.2) is 42.6 Å². The number of hydrogen-bond acceptors (Lipinski definition) is 3. The van der Waals surface area contributed by atoms with E-state index in [2.05, 4.69) is 22.4 Å². The van der Waals surface area contributed by atoms with Crippen molar-refractivity contribution in [2.75, 3.05) is 6.54 Å². The topological polar surface area (TPSA) is 62.3 Å². The predicted octanol–water partition coefficient (Wildman–Crippen LogP) is 2.17. The summed E-state index contributed by atoms with van der Waals surface area (Å²) < 4.78 is 0. The number of nitrogens with one attached hydrogen (secondary N) is 1. The number of rotatable bonds is 3. The van der Waals surface area contributed by atoms with Gasteiger partial charge in [0.2, 0.25) is 0 Å². The van der Waals surface area contributed by atoms with Gasteiger partial charge in [-0.3, -0.25) is 14.6 Å². The molecule has 5 heteroatoms. The maximum Gasteiger partial charge on any atom is 0.272 e. The molecule has 0 spiro atoms. The van der Waals surface area contributed by atoms with Crippen molar-refractivity contribution in [1.29, 1.82) is 0 Å². The molecule has 1 saturated carbocycles. The summed E-state index contributed by atoms with van der Waals surface area (Å²) in [7, 11) is 0. The van der Waals surface area contributed by atoms with Gasteiger partial charge >= 0.3 is 0 Å². The second-order valence-corrected chi connectivity index (χ2v) is 6.42. The third-order valence-electron chi connectivity index (χ3n) is 4.57. The number of amides is 2. The van der Waals surface area contributed by atoms with E-state index in [0.717, 1.165) is 19.3 Å². The van der Waals surface area contributed by atoms with Crippen LogP contribution < -0.4 is 5.32 Å². The molecule has 4 rings (SSSR count). The van der Waals surface area contributed by atoms with Crippen LogP contribution in [0.1, 0.15) is 44.8 Å². The minimum absolute atomic E-state index is 0.120. The van der Waals surface area contributed by atoms with Gasteiger partial charge in [0.15, 0.2) is 0 Å². The molecule has 122 valence electrons. The number of fused-ring (bicyclic) bond motifs is 1. The molecule has 2 heterocycles. The van der Waals surface area contributed by atoms with Crippen molar-refractivity contribution in [2.24, 2.45) is 0 Å². The molecule has 0 radical (unpaired) electrons. The number of carbonyl (C=O) groups is 2. The van der Waals surface area contributed by atoms with Gasteiger partial charge in [0.25, 0.3) is 11.8 Å². The molecular weight excluding hydrogens is 302 g/mol. The lowest BCUT2D eigenvalue weighted by Gasteiger charge is -2.28. The summed E-state index contributed by atoms with van der Waals surface area (Å²) in [6.45, 7) is 1.27. The Morgan fingerprint density at radius 1 is 1.12 bits per heavy atom. The molecule has 1 aromatic heterocycles. The second-order valence-electron chi connectivity index (χ2n) is 6.42. The highest BCUT2D eigenvalue weighted by atomic mass is 16.2. The van der Waals surface area contributed by atoms with E-state index in [1.165, 1.54) is 17.3 Å². The summed E-state index contributed by atoms with van der Waals surface area (Å²) in [5.41, 5.74) is 3.31. The van der Waals surface area contributed by atoms with Crippen LogP contribution in [-0.2, 0) is 13.0 Å². The van der Waals surface area contributed by atoms with Crippen LogP contribution in [0.3, 0.4) is 0 Å². The first-order valence-electron chi connectivity index (χ1n) is 8.34. The lowest BCUT2D eigenvalue weighted by molar-refractivity contribution is 0.0728. The third-order valence-corrected chi connectivity index (χ3v) is 4.57. The zero-order chi connectivity index (χ0) is 16.5. The van der Waals surface area contributed by atoms with Gasteiger partial charge in [-0.1, -0.05) is 24.3 Å². The highest BCUT2D eigenvalue weighted by Crippen LogP contribution is 2.21. The molecule has 1 aliphatic carbocycles. The van der Waals surface area contributed by atoms with E-state index in [0.29, 0.717) is 30.4 Å². The number of pyridine rings is 1. The van der Waals surface area contributed by atoms with Gasteiger partial charge in [0.05, 0.1) is 0 Å². The van der Waals surface area contributed by atoms with E-state index in [-0.39, 0.29) is 11.8 Å². The third kappa shape index (κ3) is 3.02. The molecule has 2 amide bonds. The fourth-order valence-electron chi connectivity index (χ4n) is 3.02. The molecule has 5 nitrogen and oxygen atoms in total. The number of nitrogens with zero attached hydrogens (tertiary/aromatic N) is 2. The quantitative estimate of drug-likeness (QED) is 0.942. The van der Waals surface area contributed by atoms with Gasteiger partial charge in [-0.2, -0.15) is 0 Å².